The summed E-state index contributed by atoms with van der Waals surface area (Å²) in [6.07, 6.45) is 1.01. The second-order valence-electron chi connectivity index (χ2n) is 9.14. The van der Waals surface area contributed by atoms with E-state index in [4.69, 9.17) is 27.9 Å². The molecule has 0 aromatic heterocycles. The van der Waals surface area contributed by atoms with Gasteiger partial charge in [0.1, 0.15) is 18.3 Å². The number of carbonyl (C=O) groups is 2. The van der Waals surface area contributed by atoms with Gasteiger partial charge in [0.15, 0.2) is 0 Å². The number of ether oxygens (including phenoxy) is 1. The van der Waals surface area contributed by atoms with Gasteiger partial charge in [-0.05, 0) is 69.7 Å². The van der Waals surface area contributed by atoms with Crippen molar-refractivity contribution in [1.82, 2.24) is 10.2 Å². The molecule has 192 valence electrons. The van der Waals surface area contributed by atoms with Crippen LogP contribution in [-0.4, -0.2) is 56.6 Å². The normalized spacial score (nSPS) is 12.6. The summed E-state index contributed by atoms with van der Waals surface area (Å²) in [5.41, 5.74) is 0.327. The van der Waals surface area contributed by atoms with Gasteiger partial charge in [-0.2, -0.15) is 0 Å². The van der Waals surface area contributed by atoms with Crippen molar-refractivity contribution in [3.8, 4) is 5.75 Å². The molecule has 0 aliphatic heterocycles. The number of nitrogens with one attached hydrogen (secondary N) is 1. The highest BCUT2D eigenvalue weighted by atomic mass is 35.5. The zero-order valence-electron chi connectivity index (χ0n) is 20.6. The van der Waals surface area contributed by atoms with Gasteiger partial charge in [0.2, 0.25) is 21.8 Å². The molecule has 8 nitrogen and oxygen atoms in total. The summed E-state index contributed by atoms with van der Waals surface area (Å²) < 4.78 is 31.3. The molecular formula is C24H31Cl2N3O5S. The summed E-state index contributed by atoms with van der Waals surface area (Å²) in [4.78, 5) is 27.8. The maximum atomic E-state index is 13.5. The Hall–Kier alpha value is -2.49. The van der Waals surface area contributed by atoms with E-state index in [2.05, 4.69) is 5.32 Å². The predicted molar refractivity (Wildman–Crippen MR) is 140 cm³/mol. The molecule has 11 heteroatoms. The lowest BCUT2D eigenvalue weighted by Crippen LogP contribution is -2.54. The van der Waals surface area contributed by atoms with E-state index in [-0.39, 0.29) is 18.1 Å². The van der Waals surface area contributed by atoms with Gasteiger partial charge in [-0.25, -0.2) is 8.42 Å². The fraction of sp³-hybridized carbons (Fsp3) is 0.417. The minimum Gasteiger partial charge on any atom is -0.497 e. The number of halogens is 2. The average molecular weight is 545 g/mol. The van der Waals surface area contributed by atoms with Gasteiger partial charge in [-0.15, -0.1) is 0 Å². The summed E-state index contributed by atoms with van der Waals surface area (Å²) >= 11 is 12.3. The Bertz CT molecular complexity index is 1160. The number of hydrogen-bond donors (Lipinski definition) is 1. The van der Waals surface area contributed by atoms with Gasteiger partial charge < -0.3 is 15.0 Å². The van der Waals surface area contributed by atoms with Crippen molar-refractivity contribution < 1.29 is 22.7 Å². The number of rotatable bonds is 9. The Morgan fingerprint density at radius 2 is 1.69 bits per heavy atom. The van der Waals surface area contributed by atoms with Gasteiger partial charge in [-0.3, -0.25) is 13.9 Å². The molecule has 0 saturated carbocycles. The lowest BCUT2D eigenvalue weighted by Gasteiger charge is -2.33. The smallest absolute Gasteiger partial charge is 0.244 e. The third kappa shape index (κ3) is 8.30. The quantitative estimate of drug-likeness (QED) is 0.513. The molecule has 0 aliphatic rings. The fourth-order valence-electron chi connectivity index (χ4n) is 3.25. The Balaban J connectivity index is 2.43. The van der Waals surface area contributed by atoms with E-state index in [0.29, 0.717) is 21.4 Å². The Kier molecular flexibility index (Phi) is 9.44. The van der Waals surface area contributed by atoms with E-state index < -0.39 is 34.1 Å². The monoisotopic (exact) mass is 543 g/mol. The lowest BCUT2D eigenvalue weighted by molar-refractivity contribution is -0.140. The standard InChI is InChI=1S/C24H31Cl2N3O5S/c1-16(23(31)27-24(2,3)4)28(14-17-7-8-18(25)13-21(17)26)22(30)15-29(35(6,32)33)19-9-11-20(34-5)12-10-19/h7-13,16H,14-15H2,1-6H3,(H,27,31)/t16-/m1/s1. The SMILES string of the molecule is COc1ccc(N(CC(=O)N(Cc2ccc(Cl)cc2Cl)[C@H](C)C(=O)NC(C)(C)C)S(C)(=O)=O)cc1. The van der Waals surface area contributed by atoms with E-state index in [1.165, 1.54) is 12.0 Å². The topological polar surface area (TPSA) is 96.0 Å². The van der Waals surface area contributed by atoms with Crippen molar-refractivity contribution in [2.75, 3.05) is 24.2 Å². The van der Waals surface area contributed by atoms with Crippen molar-refractivity contribution in [3.05, 3.63) is 58.1 Å². The van der Waals surface area contributed by atoms with E-state index in [1.54, 1.807) is 49.4 Å². The van der Waals surface area contributed by atoms with Crippen molar-refractivity contribution in [2.45, 2.75) is 45.8 Å². The molecule has 2 aromatic rings. The molecule has 2 aromatic carbocycles. The number of carbonyl (C=O) groups excluding carboxylic acids is 2. The first-order valence-electron chi connectivity index (χ1n) is 10.8. The third-order valence-electron chi connectivity index (χ3n) is 5.06. The highest BCUT2D eigenvalue weighted by Gasteiger charge is 2.31. The Labute approximate surface area is 217 Å². The fourth-order valence-corrected chi connectivity index (χ4v) is 4.57. The second-order valence-corrected chi connectivity index (χ2v) is 11.9. The summed E-state index contributed by atoms with van der Waals surface area (Å²) in [7, 11) is -2.33. The van der Waals surface area contributed by atoms with Crippen LogP contribution < -0.4 is 14.4 Å². The second kappa shape index (κ2) is 11.5. The summed E-state index contributed by atoms with van der Waals surface area (Å²) in [5.74, 6) is -0.417. The number of sulfonamides is 1. The van der Waals surface area contributed by atoms with Crippen LogP contribution in [0.15, 0.2) is 42.5 Å². The third-order valence-corrected chi connectivity index (χ3v) is 6.79. The first kappa shape index (κ1) is 28.7. The highest BCUT2D eigenvalue weighted by molar-refractivity contribution is 7.92. The van der Waals surface area contributed by atoms with E-state index in [9.17, 15) is 18.0 Å². The van der Waals surface area contributed by atoms with Gasteiger partial charge in [-0.1, -0.05) is 29.3 Å². The van der Waals surface area contributed by atoms with Crippen LogP contribution in [0.4, 0.5) is 5.69 Å². The molecule has 1 atom stereocenters. The van der Waals surface area contributed by atoms with Gasteiger partial charge in [0, 0.05) is 22.1 Å². The van der Waals surface area contributed by atoms with Crippen molar-refractivity contribution >= 4 is 50.7 Å². The predicted octanol–water partition coefficient (Wildman–Crippen LogP) is 4.10. The van der Waals surface area contributed by atoms with Crippen molar-refractivity contribution in [1.29, 1.82) is 0 Å². The maximum absolute atomic E-state index is 13.5. The van der Waals surface area contributed by atoms with Crippen LogP contribution in [0.1, 0.15) is 33.3 Å². The van der Waals surface area contributed by atoms with E-state index >= 15 is 0 Å². The van der Waals surface area contributed by atoms with Gasteiger partial charge in [0.25, 0.3) is 0 Å². The molecule has 0 fully saturated rings. The number of hydrogen-bond acceptors (Lipinski definition) is 5. The molecule has 35 heavy (non-hydrogen) atoms. The molecule has 0 aliphatic carbocycles. The van der Waals surface area contributed by atoms with E-state index in [0.717, 1.165) is 10.6 Å². The van der Waals surface area contributed by atoms with Crippen LogP contribution in [0.3, 0.4) is 0 Å². The number of benzene rings is 2. The molecule has 2 rings (SSSR count). The van der Waals surface area contributed by atoms with Crippen LogP contribution >= 0.6 is 23.2 Å². The molecule has 0 spiro atoms. The largest absolute Gasteiger partial charge is 0.497 e. The molecular weight excluding hydrogens is 513 g/mol. The minimum atomic E-state index is -3.83. The first-order chi connectivity index (χ1) is 16.1. The van der Waals surface area contributed by atoms with Crippen molar-refractivity contribution in [2.24, 2.45) is 0 Å². The zero-order valence-corrected chi connectivity index (χ0v) is 23.0. The molecule has 1 N–H and O–H groups in total. The van der Waals surface area contributed by atoms with Gasteiger partial charge >= 0.3 is 0 Å². The molecule has 0 unspecified atom stereocenters. The van der Waals surface area contributed by atoms with Crippen LogP contribution in [0.5, 0.6) is 5.75 Å². The van der Waals surface area contributed by atoms with Gasteiger partial charge in [0.05, 0.1) is 19.1 Å². The Morgan fingerprint density at radius 1 is 1.09 bits per heavy atom. The molecule has 0 heterocycles. The Morgan fingerprint density at radius 3 is 2.17 bits per heavy atom. The summed E-state index contributed by atoms with van der Waals surface area (Å²) in [6, 6.07) is 10.2. The lowest BCUT2D eigenvalue weighted by atomic mass is 10.1. The maximum Gasteiger partial charge on any atom is 0.244 e. The zero-order chi connectivity index (χ0) is 26.6. The van der Waals surface area contributed by atoms with E-state index in [1.807, 2.05) is 20.8 Å². The number of anilines is 1. The van der Waals surface area contributed by atoms with Crippen LogP contribution in [0.25, 0.3) is 0 Å². The number of amides is 2. The molecule has 0 bridgehead atoms. The summed E-state index contributed by atoms with van der Waals surface area (Å²) in [6.45, 7) is 6.54. The molecule has 0 radical (unpaired) electrons. The molecule has 2 amide bonds. The minimum absolute atomic E-state index is 0.0201. The molecule has 0 saturated heterocycles. The van der Waals surface area contributed by atoms with Crippen LogP contribution in [0, 0.1) is 0 Å². The van der Waals surface area contributed by atoms with Crippen LogP contribution in [-0.2, 0) is 26.2 Å². The number of methoxy groups -OCH3 is 1. The van der Waals surface area contributed by atoms with Crippen molar-refractivity contribution in [3.63, 3.8) is 0 Å². The summed E-state index contributed by atoms with van der Waals surface area (Å²) in [5, 5.41) is 3.62. The van der Waals surface area contributed by atoms with Crippen LogP contribution in [0.2, 0.25) is 10.0 Å². The number of nitrogens with zero attached hydrogens (tertiary/aromatic N) is 2. The first-order valence-corrected chi connectivity index (χ1v) is 13.4. The average Bonchev–Trinajstić information content (AvgIpc) is 2.74. The highest BCUT2D eigenvalue weighted by Crippen LogP contribution is 2.25.